The number of amides is 1. The van der Waals surface area contributed by atoms with E-state index in [9.17, 15) is 4.79 Å². The second-order valence-corrected chi connectivity index (χ2v) is 5.39. The number of nitrogens with two attached hydrogens (primary N) is 1. The summed E-state index contributed by atoms with van der Waals surface area (Å²) in [5.74, 6) is -0.254. The molecule has 3 rings (SSSR count). The Bertz CT molecular complexity index is 706. The van der Waals surface area contributed by atoms with E-state index in [0.717, 1.165) is 15.8 Å². The van der Waals surface area contributed by atoms with Gasteiger partial charge >= 0.3 is 0 Å². The third-order valence-corrected chi connectivity index (χ3v) is 3.92. The van der Waals surface area contributed by atoms with E-state index in [1.54, 1.807) is 0 Å². The predicted molar refractivity (Wildman–Crippen MR) is 81.6 cm³/mol. The van der Waals surface area contributed by atoms with Crippen LogP contribution in [0.3, 0.4) is 0 Å². The molecule has 1 heterocycles. The maximum absolute atomic E-state index is 12.1. The Hall–Kier alpha value is -2.24. The number of carbonyl (C=O) groups is 1. The lowest BCUT2D eigenvalue weighted by atomic mass is 10.1. The highest BCUT2D eigenvalue weighted by molar-refractivity contribution is 7.22. The molecular weight excluding hydrogens is 270 g/mol. The van der Waals surface area contributed by atoms with Gasteiger partial charge in [0.15, 0.2) is 5.13 Å². The van der Waals surface area contributed by atoms with Gasteiger partial charge in [-0.1, -0.05) is 53.8 Å². The highest BCUT2D eigenvalue weighted by Gasteiger charge is 2.17. The number of thiazole rings is 1. The van der Waals surface area contributed by atoms with Gasteiger partial charge in [-0.15, -0.1) is 0 Å². The van der Waals surface area contributed by atoms with Gasteiger partial charge < -0.3 is 11.1 Å². The fourth-order valence-corrected chi connectivity index (χ4v) is 2.79. The minimum atomic E-state index is -0.691. The van der Waals surface area contributed by atoms with E-state index in [0.29, 0.717) is 5.13 Å². The summed E-state index contributed by atoms with van der Waals surface area (Å²) in [5, 5.41) is 3.34. The monoisotopic (exact) mass is 283 g/mol. The fraction of sp³-hybridized carbons (Fsp3) is 0.0667. The smallest absolute Gasteiger partial charge is 0.247 e. The molecule has 0 aliphatic heterocycles. The van der Waals surface area contributed by atoms with Crippen LogP contribution in [0.4, 0.5) is 5.13 Å². The first-order chi connectivity index (χ1) is 9.74. The Labute approximate surface area is 120 Å². The maximum atomic E-state index is 12.1. The summed E-state index contributed by atoms with van der Waals surface area (Å²) in [5.41, 5.74) is 7.60. The van der Waals surface area contributed by atoms with Crippen LogP contribution >= 0.6 is 11.3 Å². The molecule has 1 amide bonds. The summed E-state index contributed by atoms with van der Waals surface area (Å²) in [6.07, 6.45) is 0. The lowest BCUT2D eigenvalue weighted by molar-refractivity contribution is -0.117. The van der Waals surface area contributed by atoms with Crippen LogP contribution in [-0.2, 0) is 4.79 Å². The molecule has 1 atom stereocenters. The third kappa shape index (κ3) is 2.54. The van der Waals surface area contributed by atoms with E-state index in [4.69, 9.17) is 5.73 Å². The number of nitrogens with one attached hydrogen (secondary N) is 1. The first-order valence-electron chi connectivity index (χ1n) is 6.21. The summed E-state index contributed by atoms with van der Waals surface area (Å²) < 4.78 is 1.04. The van der Waals surface area contributed by atoms with Gasteiger partial charge in [0.05, 0.1) is 10.2 Å². The van der Waals surface area contributed by atoms with Crippen molar-refractivity contribution in [2.75, 3.05) is 5.32 Å². The molecule has 5 heteroatoms. The summed E-state index contributed by atoms with van der Waals surface area (Å²) in [6.45, 7) is 0. The Morgan fingerprint density at radius 2 is 1.80 bits per heavy atom. The van der Waals surface area contributed by atoms with Gasteiger partial charge in [-0.2, -0.15) is 0 Å². The molecule has 20 heavy (non-hydrogen) atoms. The molecule has 3 N–H and O–H groups in total. The Balaban J connectivity index is 1.78. The van der Waals surface area contributed by atoms with E-state index in [1.807, 2.05) is 54.6 Å². The quantitative estimate of drug-likeness (QED) is 0.776. The molecule has 1 aromatic heterocycles. The number of para-hydroxylation sites is 1. The van der Waals surface area contributed by atoms with Crippen molar-refractivity contribution in [2.45, 2.75) is 6.04 Å². The number of rotatable bonds is 3. The summed E-state index contributed by atoms with van der Waals surface area (Å²) >= 11 is 1.44. The molecule has 0 saturated heterocycles. The zero-order valence-corrected chi connectivity index (χ0v) is 11.4. The zero-order valence-electron chi connectivity index (χ0n) is 10.6. The number of hydrogen-bond acceptors (Lipinski definition) is 4. The van der Waals surface area contributed by atoms with E-state index >= 15 is 0 Å². The highest BCUT2D eigenvalue weighted by Crippen LogP contribution is 2.26. The van der Waals surface area contributed by atoms with Crippen LogP contribution in [0.15, 0.2) is 54.6 Å². The number of fused-ring (bicyclic) bond motifs is 1. The van der Waals surface area contributed by atoms with Crippen molar-refractivity contribution < 1.29 is 4.79 Å². The molecule has 0 aliphatic rings. The van der Waals surface area contributed by atoms with Crippen molar-refractivity contribution in [3.63, 3.8) is 0 Å². The average molecular weight is 283 g/mol. The number of hydrogen-bond donors (Lipinski definition) is 2. The molecule has 0 aliphatic carbocycles. The molecule has 0 bridgehead atoms. The first-order valence-corrected chi connectivity index (χ1v) is 7.02. The summed E-state index contributed by atoms with van der Waals surface area (Å²) in [4.78, 5) is 16.5. The standard InChI is InChI=1S/C15H13N3OS/c16-13(10-6-2-1-3-7-10)14(19)18-15-17-11-8-4-5-9-12(11)20-15/h1-9,13H,16H2,(H,17,18,19)/t13-/m1/s1. The van der Waals surface area contributed by atoms with Crippen LogP contribution < -0.4 is 11.1 Å². The molecule has 0 unspecified atom stereocenters. The van der Waals surface area contributed by atoms with Crippen LogP contribution in [-0.4, -0.2) is 10.9 Å². The molecule has 2 aromatic carbocycles. The third-order valence-electron chi connectivity index (χ3n) is 2.97. The van der Waals surface area contributed by atoms with Crippen molar-refractivity contribution >= 4 is 32.6 Å². The number of anilines is 1. The molecule has 4 nitrogen and oxygen atoms in total. The largest absolute Gasteiger partial charge is 0.316 e. The molecule has 0 radical (unpaired) electrons. The Kier molecular flexibility index (Phi) is 3.45. The van der Waals surface area contributed by atoms with Crippen molar-refractivity contribution in [1.82, 2.24) is 4.98 Å². The SMILES string of the molecule is N[C@@H](C(=O)Nc1nc2ccccc2s1)c1ccccc1. The maximum Gasteiger partial charge on any atom is 0.247 e. The van der Waals surface area contributed by atoms with Crippen molar-refractivity contribution in [3.05, 3.63) is 60.2 Å². The minimum absolute atomic E-state index is 0.254. The van der Waals surface area contributed by atoms with Gasteiger partial charge in [-0.25, -0.2) is 4.98 Å². The average Bonchev–Trinajstić information content (AvgIpc) is 2.89. The van der Waals surface area contributed by atoms with Crippen LogP contribution in [0.2, 0.25) is 0 Å². The van der Waals surface area contributed by atoms with Crippen LogP contribution in [0.5, 0.6) is 0 Å². The van der Waals surface area contributed by atoms with Gasteiger partial charge in [0, 0.05) is 0 Å². The lowest BCUT2D eigenvalue weighted by Crippen LogP contribution is -2.27. The predicted octanol–water partition coefficient (Wildman–Crippen LogP) is 2.93. The number of nitrogens with zero attached hydrogens (tertiary/aromatic N) is 1. The number of carbonyl (C=O) groups excluding carboxylic acids is 1. The van der Waals surface area contributed by atoms with Crippen molar-refractivity contribution in [1.29, 1.82) is 0 Å². The van der Waals surface area contributed by atoms with Gasteiger partial charge in [-0.3, -0.25) is 4.79 Å². The van der Waals surface area contributed by atoms with Gasteiger partial charge in [0.2, 0.25) is 5.91 Å². The lowest BCUT2D eigenvalue weighted by Gasteiger charge is -2.10. The first kappa shape index (κ1) is 12.8. The molecule has 0 fully saturated rings. The molecule has 0 saturated carbocycles. The Morgan fingerprint density at radius 1 is 1.10 bits per heavy atom. The number of benzene rings is 2. The molecule has 100 valence electrons. The van der Waals surface area contributed by atoms with E-state index < -0.39 is 6.04 Å². The highest BCUT2D eigenvalue weighted by atomic mass is 32.1. The van der Waals surface area contributed by atoms with E-state index in [1.165, 1.54) is 11.3 Å². The van der Waals surface area contributed by atoms with Crippen molar-refractivity contribution in [3.8, 4) is 0 Å². The van der Waals surface area contributed by atoms with Crippen LogP contribution in [0, 0.1) is 0 Å². The van der Waals surface area contributed by atoms with E-state index in [2.05, 4.69) is 10.3 Å². The second kappa shape index (κ2) is 5.40. The second-order valence-electron chi connectivity index (χ2n) is 4.36. The molecule has 0 spiro atoms. The minimum Gasteiger partial charge on any atom is -0.316 e. The van der Waals surface area contributed by atoms with E-state index in [-0.39, 0.29) is 5.91 Å². The van der Waals surface area contributed by atoms with Crippen LogP contribution in [0.25, 0.3) is 10.2 Å². The summed E-state index contributed by atoms with van der Waals surface area (Å²) in [6, 6.07) is 16.3. The van der Waals surface area contributed by atoms with Crippen molar-refractivity contribution in [2.24, 2.45) is 5.73 Å². The topological polar surface area (TPSA) is 68.0 Å². The van der Waals surface area contributed by atoms with Gasteiger partial charge in [0.25, 0.3) is 0 Å². The molecular formula is C15H13N3OS. The summed E-state index contributed by atoms with van der Waals surface area (Å²) in [7, 11) is 0. The normalized spacial score (nSPS) is 12.2. The zero-order chi connectivity index (χ0) is 13.9. The molecule has 3 aromatic rings. The fourth-order valence-electron chi connectivity index (χ4n) is 1.92. The Morgan fingerprint density at radius 3 is 2.55 bits per heavy atom. The van der Waals surface area contributed by atoms with Gasteiger partial charge in [0.1, 0.15) is 6.04 Å². The van der Waals surface area contributed by atoms with Crippen LogP contribution in [0.1, 0.15) is 11.6 Å². The van der Waals surface area contributed by atoms with Gasteiger partial charge in [-0.05, 0) is 17.7 Å². The number of aromatic nitrogens is 1.